The van der Waals surface area contributed by atoms with Crippen LogP contribution in [0.2, 0.25) is 0 Å². The summed E-state index contributed by atoms with van der Waals surface area (Å²) in [5, 5.41) is 3.06. The third-order valence-corrected chi connectivity index (χ3v) is 1.91. The first kappa shape index (κ1) is 10.3. The van der Waals surface area contributed by atoms with E-state index in [2.05, 4.69) is 25.7 Å². The molecule has 82 valence electrons. The molecule has 4 N–H and O–H groups in total. The van der Waals surface area contributed by atoms with Crippen LogP contribution < -0.4 is 16.6 Å². The fraction of sp³-hybridized carbons (Fsp3) is 0.100. The number of nitrogens with two attached hydrogens (primary N) is 1. The molecule has 0 bridgehead atoms. The smallest absolute Gasteiger partial charge is 0.242 e. The lowest BCUT2D eigenvalue weighted by atomic mass is 10.3. The molecular formula is C10H12N6. The molecule has 2 rings (SSSR count). The highest BCUT2D eigenvalue weighted by atomic mass is 15.3. The summed E-state index contributed by atoms with van der Waals surface area (Å²) in [5.41, 5.74) is 3.30. The van der Waals surface area contributed by atoms with Crippen LogP contribution in [0.5, 0.6) is 0 Å². The van der Waals surface area contributed by atoms with Gasteiger partial charge in [0.15, 0.2) is 0 Å². The van der Waals surface area contributed by atoms with Crippen LogP contribution in [-0.4, -0.2) is 15.0 Å². The Morgan fingerprint density at radius 1 is 1.00 bits per heavy atom. The highest BCUT2D eigenvalue weighted by molar-refractivity contribution is 5.53. The number of hydrogen-bond acceptors (Lipinski definition) is 6. The van der Waals surface area contributed by atoms with Crippen LogP contribution in [0.4, 0.5) is 17.6 Å². The van der Waals surface area contributed by atoms with Crippen molar-refractivity contribution in [2.45, 2.75) is 6.92 Å². The van der Waals surface area contributed by atoms with Crippen LogP contribution in [0.3, 0.4) is 0 Å². The van der Waals surface area contributed by atoms with E-state index >= 15 is 0 Å². The molecular weight excluding hydrogens is 204 g/mol. The summed E-state index contributed by atoms with van der Waals surface area (Å²) in [5.74, 6) is 6.65. The van der Waals surface area contributed by atoms with Crippen molar-refractivity contribution in [3.05, 3.63) is 36.2 Å². The zero-order valence-corrected chi connectivity index (χ0v) is 8.81. The standard InChI is InChI=1S/C10H12N6/c1-7-12-9(15-10(13-7)16-11)14-8-5-3-2-4-6-8/h2-6H,11H2,1H3,(H2,12,13,14,15,16). The summed E-state index contributed by atoms with van der Waals surface area (Å²) < 4.78 is 0. The van der Waals surface area contributed by atoms with Crippen molar-refractivity contribution >= 4 is 17.6 Å². The van der Waals surface area contributed by atoms with Crippen molar-refractivity contribution in [1.29, 1.82) is 0 Å². The summed E-state index contributed by atoms with van der Waals surface area (Å²) in [6.45, 7) is 1.78. The Morgan fingerprint density at radius 2 is 1.69 bits per heavy atom. The molecule has 1 aromatic heterocycles. The highest BCUT2D eigenvalue weighted by Gasteiger charge is 2.02. The molecule has 0 aliphatic rings. The maximum absolute atomic E-state index is 5.25. The number of nitrogens with one attached hydrogen (secondary N) is 2. The van der Waals surface area contributed by atoms with Gasteiger partial charge in [-0.25, -0.2) is 5.84 Å². The lowest BCUT2D eigenvalue weighted by Crippen LogP contribution is -2.13. The molecule has 0 saturated heterocycles. The van der Waals surface area contributed by atoms with Gasteiger partial charge in [-0.05, 0) is 19.1 Å². The largest absolute Gasteiger partial charge is 0.324 e. The predicted octanol–water partition coefficient (Wildman–Crippen LogP) is 1.21. The normalized spacial score (nSPS) is 9.88. The van der Waals surface area contributed by atoms with Crippen molar-refractivity contribution in [1.82, 2.24) is 15.0 Å². The summed E-state index contributed by atoms with van der Waals surface area (Å²) in [7, 11) is 0. The van der Waals surface area contributed by atoms with Crippen molar-refractivity contribution in [3.8, 4) is 0 Å². The Balaban J connectivity index is 2.24. The number of benzene rings is 1. The van der Waals surface area contributed by atoms with E-state index in [-0.39, 0.29) is 0 Å². The van der Waals surface area contributed by atoms with Gasteiger partial charge in [0.1, 0.15) is 5.82 Å². The van der Waals surface area contributed by atoms with E-state index < -0.39 is 0 Å². The third kappa shape index (κ3) is 2.43. The molecule has 6 nitrogen and oxygen atoms in total. The average Bonchev–Trinajstić information content (AvgIpc) is 2.29. The number of nitrogens with zero attached hydrogens (tertiary/aromatic N) is 3. The monoisotopic (exact) mass is 216 g/mol. The van der Waals surface area contributed by atoms with Gasteiger partial charge in [-0.15, -0.1) is 0 Å². The Kier molecular flexibility index (Phi) is 2.93. The second kappa shape index (κ2) is 4.54. The molecule has 0 radical (unpaired) electrons. The van der Waals surface area contributed by atoms with Gasteiger partial charge in [-0.2, -0.15) is 15.0 Å². The van der Waals surface area contributed by atoms with Crippen LogP contribution in [-0.2, 0) is 0 Å². The lowest BCUT2D eigenvalue weighted by molar-refractivity contribution is 0.975. The van der Waals surface area contributed by atoms with Gasteiger partial charge in [0.25, 0.3) is 0 Å². The summed E-state index contributed by atoms with van der Waals surface area (Å²) in [6.07, 6.45) is 0. The van der Waals surface area contributed by atoms with E-state index in [4.69, 9.17) is 5.84 Å². The lowest BCUT2D eigenvalue weighted by Gasteiger charge is -2.06. The SMILES string of the molecule is Cc1nc(NN)nc(Nc2ccccc2)n1. The molecule has 1 heterocycles. The summed E-state index contributed by atoms with van der Waals surface area (Å²) in [4.78, 5) is 12.2. The zero-order valence-electron chi connectivity index (χ0n) is 8.81. The fourth-order valence-electron chi connectivity index (χ4n) is 1.25. The predicted molar refractivity (Wildman–Crippen MR) is 62.1 cm³/mol. The van der Waals surface area contributed by atoms with Crippen molar-refractivity contribution in [2.75, 3.05) is 10.7 Å². The molecule has 0 aliphatic heterocycles. The molecule has 0 aliphatic carbocycles. The molecule has 0 atom stereocenters. The Bertz CT molecular complexity index is 470. The second-order valence-electron chi connectivity index (χ2n) is 3.17. The van der Waals surface area contributed by atoms with E-state index in [0.29, 0.717) is 17.7 Å². The molecule has 0 spiro atoms. The minimum atomic E-state index is 0.339. The summed E-state index contributed by atoms with van der Waals surface area (Å²) in [6, 6.07) is 9.65. The number of hydrogen-bond donors (Lipinski definition) is 3. The Hall–Kier alpha value is -2.21. The van der Waals surface area contributed by atoms with Crippen LogP contribution in [0.25, 0.3) is 0 Å². The van der Waals surface area contributed by atoms with Gasteiger partial charge in [-0.1, -0.05) is 18.2 Å². The third-order valence-electron chi connectivity index (χ3n) is 1.91. The van der Waals surface area contributed by atoms with Crippen LogP contribution in [0, 0.1) is 6.92 Å². The minimum absolute atomic E-state index is 0.339. The number of rotatable bonds is 3. The number of anilines is 3. The maximum atomic E-state index is 5.25. The first-order valence-corrected chi connectivity index (χ1v) is 4.79. The molecule has 0 amide bonds. The van der Waals surface area contributed by atoms with Crippen molar-refractivity contribution in [2.24, 2.45) is 5.84 Å². The Labute approximate surface area is 92.9 Å². The topological polar surface area (TPSA) is 88.8 Å². The first-order valence-electron chi connectivity index (χ1n) is 4.79. The van der Waals surface area contributed by atoms with E-state index in [1.165, 1.54) is 0 Å². The number of para-hydroxylation sites is 1. The van der Waals surface area contributed by atoms with Gasteiger partial charge in [0, 0.05) is 5.69 Å². The van der Waals surface area contributed by atoms with Gasteiger partial charge in [0.2, 0.25) is 11.9 Å². The minimum Gasteiger partial charge on any atom is -0.324 e. The molecule has 1 aromatic carbocycles. The van der Waals surface area contributed by atoms with Crippen LogP contribution in [0.15, 0.2) is 30.3 Å². The highest BCUT2D eigenvalue weighted by Crippen LogP contribution is 2.12. The molecule has 16 heavy (non-hydrogen) atoms. The van der Waals surface area contributed by atoms with Crippen molar-refractivity contribution < 1.29 is 0 Å². The van der Waals surface area contributed by atoms with E-state index in [1.54, 1.807) is 6.92 Å². The number of nitrogen functional groups attached to an aromatic ring is 1. The van der Waals surface area contributed by atoms with Crippen molar-refractivity contribution in [3.63, 3.8) is 0 Å². The van der Waals surface area contributed by atoms with Gasteiger partial charge < -0.3 is 5.32 Å². The van der Waals surface area contributed by atoms with Crippen LogP contribution in [0.1, 0.15) is 5.82 Å². The van der Waals surface area contributed by atoms with Gasteiger partial charge in [-0.3, -0.25) is 5.43 Å². The average molecular weight is 216 g/mol. The quantitative estimate of drug-likeness (QED) is 0.528. The number of hydrazine groups is 1. The van der Waals surface area contributed by atoms with E-state index in [9.17, 15) is 0 Å². The fourth-order valence-corrected chi connectivity index (χ4v) is 1.25. The zero-order chi connectivity index (χ0) is 11.4. The molecule has 0 unspecified atom stereocenters. The number of aryl methyl sites for hydroxylation is 1. The van der Waals surface area contributed by atoms with Gasteiger partial charge in [0.05, 0.1) is 0 Å². The second-order valence-corrected chi connectivity index (χ2v) is 3.17. The molecule has 2 aromatic rings. The molecule has 0 saturated carbocycles. The van der Waals surface area contributed by atoms with E-state index in [1.807, 2.05) is 30.3 Å². The number of aromatic nitrogens is 3. The molecule has 6 heteroatoms. The summed E-state index contributed by atoms with van der Waals surface area (Å²) >= 11 is 0. The van der Waals surface area contributed by atoms with Crippen LogP contribution >= 0.6 is 0 Å². The maximum Gasteiger partial charge on any atom is 0.242 e. The van der Waals surface area contributed by atoms with E-state index in [0.717, 1.165) is 5.69 Å². The Morgan fingerprint density at radius 3 is 2.38 bits per heavy atom. The molecule has 0 fully saturated rings. The first-order chi connectivity index (χ1) is 7.78. The van der Waals surface area contributed by atoms with Gasteiger partial charge >= 0.3 is 0 Å².